The van der Waals surface area contributed by atoms with Crippen molar-refractivity contribution in [2.45, 2.75) is 39.5 Å². The third-order valence-electron chi connectivity index (χ3n) is 4.13. The van der Waals surface area contributed by atoms with Crippen LogP contribution in [0.15, 0.2) is 11.1 Å². The van der Waals surface area contributed by atoms with Gasteiger partial charge < -0.3 is 5.11 Å². The lowest BCUT2D eigenvalue weighted by Gasteiger charge is -2.42. The zero-order valence-electron chi connectivity index (χ0n) is 10.7. The molecule has 0 aromatic carbocycles. The van der Waals surface area contributed by atoms with E-state index in [9.17, 15) is 14.4 Å². The van der Waals surface area contributed by atoms with Crippen LogP contribution >= 0.6 is 0 Å². The molecule has 2 aliphatic rings. The van der Waals surface area contributed by atoms with Gasteiger partial charge in [0.1, 0.15) is 0 Å². The Balaban J connectivity index is 2.13. The molecule has 98 valence electrons. The molecule has 0 radical (unpaired) electrons. The molecule has 5 nitrogen and oxygen atoms in total. The molecule has 1 saturated carbocycles. The van der Waals surface area contributed by atoms with Gasteiger partial charge in [0.2, 0.25) is 0 Å². The maximum absolute atomic E-state index is 11.9. The third-order valence-corrected chi connectivity index (χ3v) is 4.13. The lowest BCUT2D eigenvalue weighted by atomic mass is 9.66. The van der Waals surface area contributed by atoms with Crippen molar-refractivity contribution in [1.82, 2.24) is 4.90 Å². The fraction of sp³-hybridized carbons (Fsp3) is 0.615. The minimum atomic E-state index is -0.866. The Morgan fingerprint density at radius 1 is 1.22 bits per heavy atom. The van der Waals surface area contributed by atoms with Crippen molar-refractivity contribution in [2.24, 2.45) is 5.41 Å². The number of carbonyl (C=O) groups is 3. The number of carboxylic acid groups (broad SMARTS) is 1. The van der Waals surface area contributed by atoms with E-state index in [0.29, 0.717) is 11.1 Å². The Hall–Kier alpha value is -1.65. The van der Waals surface area contributed by atoms with Gasteiger partial charge in [0.25, 0.3) is 11.8 Å². The predicted octanol–water partition coefficient (Wildman–Crippen LogP) is 1.34. The summed E-state index contributed by atoms with van der Waals surface area (Å²) in [5.41, 5.74) is 0.553. The Kier molecular flexibility index (Phi) is 3.00. The van der Waals surface area contributed by atoms with Crippen LogP contribution in [0.3, 0.4) is 0 Å². The molecule has 1 aliphatic heterocycles. The van der Waals surface area contributed by atoms with E-state index in [1.54, 1.807) is 13.8 Å². The Morgan fingerprint density at radius 3 is 2.06 bits per heavy atom. The number of hydrogen-bond acceptors (Lipinski definition) is 3. The lowest BCUT2D eigenvalue weighted by molar-refractivity contribution is -0.147. The van der Waals surface area contributed by atoms with Crippen molar-refractivity contribution in [3.63, 3.8) is 0 Å². The summed E-state index contributed by atoms with van der Waals surface area (Å²) in [6.07, 6.45) is 2.54. The number of carboxylic acids is 1. The number of carbonyl (C=O) groups excluding carboxylic acids is 2. The van der Waals surface area contributed by atoms with E-state index in [2.05, 4.69) is 0 Å². The summed E-state index contributed by atoms with van der Waals surface area (Å²) < 4.78 is 0. The molecule has 1 heterocycles. The van der Waals surface area contributed by atoms with E-state index in [0.717, 1.165) is 19.3 Å². The molecule has 0 aromatic rings. The molecule has 2 amide bonds. The monoisotopic (exact) mass is 251 g/mol. The van der Waals surface area contributed by atoms with Crippen LogP contribution in [-0.2, 0) is 14.4 Å². The smallest absolute Gasteiger partial charge is 0.303 e. The minimum Gasteiger partial charge on any atom is -0.481 e. The quantitative estimate of drug-likeness (QED) is 0.765. The third kappa shape index (κ3) is 1.94. The molecule has 0 bridgehead atoms. The van der Waals surface area contributed by atoms with Crippen molar-refractivity contribution < 1.29 is 19.5 Å². The lowest BCUT2D eigenvalue weighted by Crippen LogP contribution is -2.46. The molecule has 1 aliphatic carbocycles. The first kappa shape index (κ1) is 12.8. The molecule has 5 heteroatoms. The van der Waals surface area contributed by atoms with E-state index in [1.165, 1.54) is 4.90 Å². The van der Waals surface area contributed by atoms with Gasteiger partial charge in [-0.15, -0.1) is 0 Å². The first-order valence-corrected chi connectivity index (χ1v) is 6.12. The molecule has 0 saturated heterocycles. The van der Waals surface area contributed by atoms with Crippen molar-refractivity contribution >= 4 is 17.8 Å². The highest BCUT2D eigenvalue weighted by atomic mass is 16.4. The fourth-order valence-corrected chi connectivity index (χ4v) is 2.69. The van der Waals surface area contributed by atoms with E-state index in [-0.39, 0.29) is 24.8 Å². The van der Waals surface area contributed by atoms with Crippen LogP contribution in [-0.4, -0.2) is 34.3 Å². The van der Waals surface area contributed by atoms with Gasteiger partial charge >= 0.3 is 5.97 Å². The number of amides is 2. The number of hydrogen-bond donors (Lipinski definition) is 1. The van der Waals surface area contributed by atoms with E-state index >= 15 is 0 Å². The van der Waals surface area contributed by atoms with Crippen molar-refractivity contribution in [3.8, 4) is 0 Å². The van der Waals surface area contributed by atoms with Gasteiger partial charge in [-0.25, -0.2) is 0 Å². The zero-order chi connectivity index (χ0) is 13.5. The Morgan fingerprint density at radius 2 is 1.72 bits per heavy atom. The molecule has 1 N–H and O–H groups in total. The fourth-order valence-electron chi connectivity index (χ4n) is 2.69. The van der Waals surface area contributed by atoms with Crippen LogP contribution in [0.4, 0.5) is 0 Å². The average Bonchev–Trinajstić information content (AvgIpc) is 2.43. The normalized spacial score (nSPS) is 22.4. The predicted molar refractivity (Wildman–Crippen MR) is 63.6 cm³/mol. The second-order valence-corrected chi connectivity index (χ2v) is 5.37. The molecule has 0 atom stereocenters. The first-order valence-electron chi connectivity index (χ1n) is 6.12. The highest BCUT2D eigenvalue weighted by molar-refractivity contribution is 6.18. The zero-order valence-corrected chi connectivity index (χ0v) is 10.7. The second kappa shape index (κ2) is 4.23. The molecule has 0 spiro atoms. The van der Waals surface area contributed by atoms with Crippen LogP contribution in [0.25, 0.3) is 0 Å². The summed E-state index contributed by atoms with van der Waals surface area (Å²) >= 11 is 0. The standard InChI is InChI=1S/C13H17NO4/c1-8-9(2)12(18)14(11(8)17)7-13(4-3-5-13)6-10(15)16/h3-7H2,1-2H3,(H,15,16). The van der Waals surface area contributed by atoms with Crippen LogP contribution in [0.1, 0.15) is 39.5 Å². The summed E-state index contributed by atoms with van der Waals surface area (Å²) in [4.78, 5) is 35.9. The van der Waals surface area contributed by atoms with E-state index in [1.807, 2.05) is 0 Å². The summed E-state index contributed by atoms with van der Waals surface area (Å²) in [5, 5.41) is 8.93. The SMILES string of the molecule is CC1=C(C)C(=O)N(CC2(CC(=O)O)CCC2)C1=O. The summed E-state index contributed by atoms with van der Waals surface area (Å²) in [6, 6.07) is 0. The van der Waals surface area contributed by atoms with Crippen molar-refractivity contribution in [3.05, 3.63) is 11.1 Å². The second-order valence-electron chi connectivity index (χ2n) is 5.37. The van der Waals surface area contributed by atoms with Crippen LogP contribution < -0.4 is 0 Å². The maximum atomic E-state index is 11.9. The van der Waals surface area contributed by atoms with E-state index < -0.39 is 11.4 Å². The largest absolute Gasteiger partial charge is 0.481 e. The van der Waals surface area contributed by atoms with E-state index in [4.69, 9.17) is 5.11 Å². The number of imide groups is 1. The highest BCUT2D eigenvalue weighted by Gasteiger charge is 2.45. The van der Waals surface area contributed by atoms with Gasteiger partial charge in [-0.1, -0.05) is 6.42 Å². The molecule has 18 heavy (non-hydrogen) atoms. The van der Waals surface area contributed by atoms with Gasteiger partial charge in [-0.3, -0.25) is 19.3 Å². The van der Waals surface area contributed by atoms with Gasteiger partial charge in [-0.05, 0) is 32.1 Å². The number of aliphatic carboxylic acids is 1. The van der Waals surface area contributed by atoms with Gasteiger partial charge in [0, 0.05) is 17.7 Å². The Labute approximate surface area is 105 Å². The van der Waals surface area contributed by atoms with Crippen molar-refractivity contribution in [2.75, 3.05) is 6.54 Å². The molecule has 0 aromatic heterocycles. The van der Waals surface area contributed by atoms with Gasteiger partial charge in [0.05, 0.1) is 6.42 Å². The first-order chi connectivity index (χ1) is 8.36. The molecular formula is C13H17NO4. The molecular weight excluding hydrogens is 234 g/mol. The molecule has 0 unspecified atom stereocenters. The number of rotatable bonds is 4. The minimum absolute atomic E-state index is 0.0299. The topological polar surface area (TPSA) is 74.7 Å². The maximum Gasteiger partial charge on any atom is 0.303 e. The number of nitrogens with zero attached hydrogens (tertiary/aromatic N) is 1. The Bertz CT molecular complexity index is 436. The van der Waals surface area contributed by atoms with Crippen molar-refractivity contribution in [1.29, 1.82) is 0 Å². The summed E-state index contributed by atoms with van der Waals surface area (Å²) in [7, 11) is 0. The van der Waals surface area contributed by atoms with Gasteiger partial charge in [0.15, 0.2) is 0 Å². The van der Waals surface area contributed by atoms with Crippen LogP contribution in [0.2, 0.25) is 0 Å². The summed E-state index contributed by atoms with van der Waals surface area (Å²) in [6.45, 7) is 3.52. The summed E-state index contributed by atoms with van der Waals surface area (Å²) in [5.74, 6) is -1.40. The highest BCUT2D eigenvalue weighted by Crippen LogP contribution is 2.45. The van der Waals surface area contributed by atoms with Crippen LogP contribution in [0.5, 0.6) is 0 Å². The molecule has 2 rings (SSSR count). The average molecular weight is 251 g/mol. The van der Waals surface area contributed by atoms with Crippen LogP contribution in [0, 0.1) is 5.41 Å². The molecule has 1 fully saturated rings. The van der Waals surface area contributed by atoms with Gasteiger partial charge in [-0.2, -0.15) is 0 Å².